The predicted molar refractivity (Wildman–Crippen MR) is 126 cm³/mol. The number of amides is 1. The van der Waals surface area contributed by atoms with Gasteiger partial charge in [-0.25, -0.2) is 0 Å². The number of benzene rings is 1. The van der Waals surface area contributed by atoms with E-state index in [-0.39, 0.29) is 17.4 Å². The minimum atomic E-state index is -0.714. The second kappa shape index (κ2) is 11.1. The molecule has 0 saturated carbocycles. The van der Waals surface area contributed by atoms with Gasteiger partial charge in [-0.3, -0.25) is 14.6 Å². The Bertz CT molecular complexity index is 1020. The van der Waals surface area contributed by atoms with Crippen molar-refractivity contribution in [2.24, 2.45) is 0 Å². The van der Waals surface area contributed by atoms with Crippen molar-refractivity contribution in [3.63, 3.8) is 0 Å². The van der Waals surface area contributed by atoms with E-state index in [1.54, 1.807) is 42.7 Å². The molecule has 7 heteroatoms. The Morgan fingerprint density at radius 3 is 2.64 bits per heavy atom. The van der Waals surface area contributed by atoms with Crippen molar-refractivity contribution in [1.82, 2.24) is 9.88 Å². The van der Waals surface area contributed by atoms with Crippen LogP contribution in [0.5, 0.6) is 5.75 Å². The van der Waals surface area contributed by atoms with Gasteiger partial charge in [0.2, 0.25) is 0 Å². The molecule has 1 N–H and O–H groups in total. The average molecular weight is 453 g/mol. The van der Waals surface area contributed by atoms with Gasteiger partial charge in [-0.1, -0.05) is 13.0 Å². The van der Waals surface area contributed by atoms with Gasteiger partial charge in [0, 0.05) is 31.1 Å². The van der Waals surface area contributed by atoms with E-state index in [0.717, 1.165) is 17.7 Å². The van der Waals surface area contributed by atoms with E-state index >= 15 is 0 Å². The fourth-order valence-corrected chi connectivity index (χ4v) is 3.88. The number of carbonyl (C=O) groups excluding carboxylic acids is 2. The number of ether oxygens (including phenoxy) is 2. The number of nitrogens with zero attached hydrogens (tertiary/aromatic N) is 2. The molecule has 1 amide bonds. The first-order valence-electron chi connectivity index (χ1n) is 11.4. The van der Waals surface area contributed by atoms with E-state index in [0.29, 0.717) is 37.3 Å². The lowest BCUT2D eigenvalue weighted by Crippen LogP contribution is -2.31. The van der Waals surface area contributed by atoms with Crippen molar-refractivity contribution in [1.29, 1.82) is 0 Å². The van der Waals surface area contributed by atoms with Crippen LogP contribution in [0.4, 0.5) is 0 Å². The van der Waals surface area contributed by atoms with Gasteiger partial charge in [0.15, 0.2) is 0 Å². The molecule has 7 nitrogen and oxygen atoms in total. The topological polar surface area (TPSA) is 89.0 Å². The Labute approximate surface area is 195 Å². The van der Waals surface area contributed by atoms with Crippen LogP contribution < -0.4 is 4.74 Å². The summed E-state index contributed by atoms with van der Waals surface area (Å²) in [6, 6.07) is 8.09. The molecule has 33 heavy (non-hydrogen) atoms. The van der Waals surface area contributed by atoms with Crippen LogP contribution in [0, 0.1) is 6.92 Å². The molecule has 1 aromatic carbocycles. The smallest absolute Gasteiger partial charge is 0.295 e. The number of likely N-dealkylation sites (tertiary alicyclic amines) is 1. The minimum Gasteiger partial charge on any atom is -0.507 e. The number of aryl methyl sites for hydroxylation is 1. The molecule has 0 aliphatic carbocycles. The first kappa shape index (κ1) is 24.5. The van der Waals surface area contributed by atoms with Crippen molar-refractivity contribution in [3.05, 3.63) is 65.0 Å². The number of rotatable bonds is 10. The van der Waals surface area contributed by atoms with E-state index in [9.17, 15) is 14.7 Å². The highest BCUT2D eigenvalue weighted by Crippen LogP contribution is 2.39. The lowest BCUT2D eigenvalue weighted by Gasteiger charge is -2.25. The van der Waals surface area contributed by atoms with Gasteiger partial charge in [0.25, 0.3) is 11.7 Å². The number of hydrogen-bond acceptors (Lipinski definition) is 6. The summed E-state index contributed by atoms with van der Waals surface area (Å²) in [5.74, 6) is -0.805. The second-order valence-corrected chi connectivity index (χ2v) is 8.38. The molecule has 1 aromatic heterocycles. The summed E-state index contributed by atoms with van der Waals surface area (Å²) in [6.07, 6.45) is 4.79. The third kappa shape index (κ3) is 5.60. The van der Waals surface area contributed by atoms with Crippen molar-refractivity contribution in [3.8, 4) is 5.75 Å². The van der Waals surface area contributed by atoms with Crippen LogP contribution in [0.15, 0.2) is 48.3 Å². The Kier molecular flexibility index (Phi) is 8.22. The van der Waals surface area contributed by atoms with Crippen molar-refractivity contribution < 1.29 is 24.2 Å². The summed E-state index contributed by atoms with van der Waals surface area (Å²) in [4.78, 5) is 31.7. The highest BCUT2D eigenvalue weighted by Gasteiger charge is 2.45. The summed E-state index contributed by atoms with van der Waals surface area (Å²) in [5, 5.41) is 11.2. The fourth-order valence-electron chi connectivity index (χ4n) is 3.88. The number of aromatic nitrogens is 1. The average Bonchev–Trinajstić information content (AvgIpc) is 3.06. The Hall–Kier alpha value is -3.19. The summed E-state index contributed by atoms with van der Waals surface area (Å²) in [7, 11) is 0. The maximum atomic E-state index is 13.1. The van der Waals surface area contributed by atoms with Crippen molar-refractivity contribution in [2.45, 2.75) is 52.7 Å². The minimum absolute atomic E-state index is 0.0689. The van der Waals surface area contributed by atoms with Crippen molar-refractivity contribution >= 4 is 17.4 Å². The Balaban J connectivity index is 1.99. The first-order valence-corrected chi connectivity index (χ1v) is 11.4. The second-order valence-electron chi connectivity index (χ2n) is 8.38. The van der Waals surface area contributed by atoms with Crippen LogP contribution in [0.3, 0.4) is 0 Å². The standard InChI is InChI=1S/C26H32N2O5/c1-5-13-33-21-10-9-19(15-18(21)4)24(29)22-23(20-8-6-11-27-16-20)28(26(31)25(22)30)12-7-14-32-17(2)3/h6,8-11,15-17,23,29H,5,7,12-14H2,1-4H3/b24-22-. The van der Waals surface area contributed by atoms with E-state index < -0.39 is 17.7 Å². The zero-order valence-electron chi connectivity index (χ0n) is 19.7. The van der Waals surface area contributed by atoms with Gasteiger partial charge in [0.1, 0.15) is 11.5 Å². The number of pyridine rings is 1. The molecule has 2 heterocycles. The van der Waals surface area contributed by atoms with Crippen LogP contribution in [-0.2, 0) is 14.3 Å². The molecule has 1 fully saturated rings. The SMILES string of the molecule is CCCOc1ccc(/C(O)=C2/C(=O)C(=O)N(CCCOC(C)C)C2c2cccnc2)cc1C. The summed E-state index contributed by atoms with van der Waals surface area (Å²) < 4.78 is 11.3. The summed E-state index contributed by atoms with van der Waals surface area (Å²) in [5.41, 5.74) is 2.04. The molecule has 0 radical (unpaired) electrons. The van der Waals surface area contributed by atoms with Crippen LogP contribution in [-0.4, -0.2) is 52.5 Å². The molecule has 0 spiro atoms. The quantitative estimate of drug-likeness (QED) is 0.249. The molecule has 1 aliphatic rings. The lowest BCUT2D eigenvalue weighted by molar-refractivity contribution is -0.140. The molecule has 2 aromatic rings. The number of ketones is 1. The van der Waals surface area contributed by atoms with Crippen LogP contribution in [0.2, 0.25) is 0 Å². The molecular formula is C26H32N2O5. The summed E-state index contributed by atoms with van der Waals surface area (Å²) >= 11 is 0. The molecule has 1 atom stereocenters. The Morgan fingerprint density at radius 1 is 1.21 bits per heavy atom. The zero-order valence-corrected chi connectivity index (χ0v) is 19.7. The van der Waals surface area contributed by atoms with Crippen molar-refractivity contribution in [2.75, 3.05) is 19.8 Å². The number of aliphatic hydroxyl groups excluding tert-OH is 1. The fraction of sp³-hybridized carbons (Fsp3) is 0.423. The van der Waals surface area contributed by atoms with Gasteiger partial charge in [-0.05, 0) is 69.0 Å². The van der Waals surface area contributed by atoms with Gasteiger partial charge in [-0.15, -0.1) is 0 Å². The maximum absolute atomic E-state index is 13.1. The molecule has 1 saturated heterocycles. The predicted octanol–water partition coefficient (Wildman–Crippen LogP) is 4.42. The molecule has 3 rings (SSSR count). The zero-order chi connectivity index (χ0) is 24.0. The largest absolute Gasteiger partial charge is 0.507 e. The van der Waals surface area contributed by atoms with Crippen LogP contribution >= 0.6 is 0 Å². The molecule has 176 valence electrons. The van der Waals surface area contributed by atoms with E-state index in [1.165, 1.54) is 4.90 Å². The summed E-state index contributed by atoms with van der Waals surface area (Å²) in [6.45, 7) is 9.20. The van der Waals surface area contributed by atoms with E-state index in [4.69, 9.17) is 9.47 Å². The van der Waals surface area contributed by atoms with E-state index in [2.05, 4.69) is 4.98 Å². The lowest BCUT2D eigenvalue weighted by atomic mass is 9.95. The van der Waals surface area contributed by atoms with Gasteiger partial charge in [0.05, 0.1) is 24.3 Å². The number of carbonyl (C=O) groups is 2. The van der Waals surface area contributed by atoms with E-state index in [1.807, 2.05) is 27.7 Å². The third-order valence-electron chi connectivity index (χ3n) is 5.44. The highest BCUT2D eigenvalue weighted by atomic mass is 16.5. The first-order chi connectivity index (χ1) is 15.8. The third-order valence-corrected chi connectivity index (χ3v) is 5.44. The van der Waals surface area contributed by atoms with Gasteiger partial charge >= 0.3 is 0 Å². The van der Waals surface area contributed by atoms with Crippen LogP contribution in [0.25, 0.3) is 5.76 Å². The number of hydrogen-bond donors (Lipinski definition) is 1. The highest BCUT2D eigenvalue weighted by molar-refractivity contribution is 6.46. The molecule has 0 bridgehead atoms. The number of Topliss-reactive ketones (excluding diaryl/α,β-unsaturated/α-hetero) is 1. The van der Waals surface area contributed by atoms with Crippen LogP contribution in [0.1, 0.15) is 56.3 Å². The normalized spacial score (nSPS) is 17.7. The molecular weight excluding hydrogens is 420 g/mol. The number of aliphatic hydroxyl groups is 1. The monoisotopic (exact) mass is 452 g/mol. The van der Waals surface area contributed by atoms with Gasteiger partial charge < -0.3 is 19.5 Å². The molecule has 1 aliphatic heterocycles. The maximum Gasteiger partial charge on any atom is 0.295 e. The van der Waals surface area contributed by atoms with Gasteiger partial charge in [-0.2, -0.15) is 0 Å². The molecule has 1 unspecified atom stereocenters. The Morgan fingerprint density at radius 2 is 2.00 bits per heavy atom.